The molecule has 6 heteroatoms. The van der Waals surface area contributed by atoms with Crippen molar-refractivity contribution in [1.29, 1.82) is 0 Å². The standard InChI is InChI=1S/C15H23NO4S/c1-3-9-21(19,20)10-8-15(11-16,14(17)18)13-6-4-12(2)5-7-13/h4-7H,3,8-11,16H2,1-2H3,(H,17,18). The van der Waals surface area contributed by atoms with Crippen LogP contribution in [0.5, 0.6) is 0 Å². The average molecular weight is 313 g/mol. The first-order chi connectivity index (χ1) is 9.77. The van der Waals surface area contributed by atoms with Gasteiger partial charge in [0.15, 0.2) is 0 Å². The lowest BCUT2D eigenvalue weighted by molar-refractivity contribution is -0.143. The Hall–Kier alpha value is -1.40. The van der Waals surface area contributed by atoms with E-state index >= 15 is 0 Å². The van der Waals surface area contributed by atoms with Crippen LogP contribution in [0, 0.1) is 6.92 Å². The maximum atomic E-state index is 11.9. The zero-order valence-corrected chi connectivity index (χ0v) is 13.3. The lowest BCUT2D eigenvalue weighted by Crippen LogP contribution is -2.44. The van der Waals surface area contributed by atoms with Crippen LogP contribution in [0.25, 0.3) is 0 Å². The predicted molar refractivity (Wildman–Crippen MR) is 83.1 cm³/mol. The van der Waals surface area contributed by atoms with E-state index in [9.17, 15) is 18.3 Å². The van der Waals surface area contributed by atoms with Crippen molar-refractivity contribution in [2.24, 2.45) is 5.73 Å². The van der Waals surface area contributed by atoms with Crippen molar-refractivity contribution in [3.05, 3.63) is 35.4 Å². The first kappa shape index (κ1) is 17.7. The molecule has 0 saturated carbocycles. The molecule has 0 amide bonds. The second-order valence-electron chi connectivity index (χ2n) is 5.36. The minimum Gasteiger partial charge on any atom is -0.481 e. The van der Waals surface area contributed by atoms with Gasteiger partial charge in [0.05, 0.1) is 5.75 Å². The summed E-state index contributed by atoms with van der Waals surface area (Å²) in [6.07, 6.45) is 0.514. The van der Waals surface area contributed by atoms with E-state index in [0.29, 0.717) is 12.0 Å². The van der Waals surface area contributed by atoms with Crippen molar-refractivity contribution in [2.75, 3.05) is 18.1 Å². The van der Waals surface area contributed by atoms with Gasteiger partial charge in [0.1, 0.15) is 15.3 Å². The summed E-state index contributed by atoms with van der Waals surface area (Å²) in [6, 6.07) is 7.04. The third-order valence-corrected chi connectivity index (χ3v) is 5.57. The number of aliphatic carboxylic acids is 1. The molecule has 0 aromatic heterocycles. The summed E-state index contributed by atoms with van der Waals surface area (Å²) >= 11 is 0. The average Bonchev–Trinajstić information content (AvgIpc) is 2.41. The number of benzene rings is 1. The SMILES string of the molecule is CCCS(=O)(=O)CCC(CN)(C(=O)O)c1ccc(C)cc1. The molecule has 1 aromatic rings. The van der Waals surface area contributed by atoms with Crippen LogP contribution in [0.3, 0.4) is 0 Å². The number of aryl methyl sites for hydroxylation is 1. The Morgan fingerprint density at radius 3 is 2.24 bits per heavy atom. The lowest BCUT2D eigenvalue weighted by atomic mass is 9.78. The molecular weight excluding hydrogens is 290 g/mol. The van der Waals surface area contributed by atoms with Gasteiger partial charge in [0.2, 0.25) is 0 Å². The van der Waals surface area contributed by atoms with Crippen LogP contribution in [-0.2, 0) is 20.0 Å². The van der Waals surface area contributed by atoms with Crippen LogP contribution in [-0.4, -0.2) is 37.5 Å². The second kappa shape index (κ2) is 7.04. The highest BCUT2D eigenvalue weighted by Crippen LogP contribution is 2.29. The van der Waals surface area contributed by atoms with Crippen LogP contribution >= 0.6 is 0 Å². The molecule has 0 radical (unpaired) electrons. The van der Waals surface area contributed by atoms with Gasteiger partial charge in [-0.25, -0.2) is 8.42 Å². The molecule has 118 valence electrons. The van der Waals surface area contributed by atoms with Gasteiger partial charge in [0, 0.05) is 12.3 Å². The summed E-state index contributed by atoms with van der Waals surface area (Å²) in [7, 11) is -3.24. The van der Waals surface area contributed by atoms with Crippen LogP contribution in [0.4, 0.5) is 0 Å². The molecule has 0 spiro atoms. The quantitative estimate of drug-likeness (QED) is 0.758. The zero-order valence-electron chi connectivity index (χ0n) is 12.5. The molecular formula is C15H23NO4S. The Morgan fingerprint density at radius 2 is 1.81 bits per heavy atom. The highest BCUT2D eigenvalue weighted by atomic mass is 32.2. The topological polar surface area (TPSA) is 97.5 Å². The number of rotatable bonds is 8. The van der Waals surface area contributed by atoms with E-state index in [1.54, 1.807) is 19.1 Å². The summed E-state index contributed by atoms with van der Waals surface area (Å²) in [4.78, 5) is 11.7. The van der Waals surface area contributed by atoms with Crippen molar-refractivity contribution in [3.8, 4) is 0 Å². The Morgan fingerprint density at radius 1 is 1.24 bits per heavy atom. The van der Waals surface area contributed by atoms with Gasteiger partial charge in [-0.15, -0.1) is 0 Å². The van der Waals surface area contributed by atoms with Crippen molar-refractivity contribution < 1.29 is 18.3 Å². The molecule has 0 fully saturated rings. The molecule has 1 aromatic carbocycles. The maximum absolute atomic E-state index is 11.9. The van der Waals surface area contributed by atoms with Gasteiger partial charge >= 0.3 is 5.97 Å². The lowest BCUT2D eigenvalue weighted by Gasteiger charge is -2.28. The minimum absolute atomic E-state index is 0.00969. The van der Waals surface area contributed by atoms with Crippen molar-refractivity contribution in [1.82, 2.24) is 0 Å². The second-order valence-corrected chi connectivity index (χ2v) is 7.66. The van der Waals surface area contributed by atoms with Crippen molar-refractivity contribution in [3.63, 3.8) is 0 Å². The molecule has 1 atom stereocenters. The van der Waals surface area contributed by atoms with Crippen molar-refractivity contribution >= 4 is 15.8 Å². The molecule has 0 aliphatic heterocycles. The normalized spacial score (nSPS) is 14.6. The molecule has 3 N–H and O–H groups in total. The van der Waals surface area contributed by atoms with Gasteiger partial charge < -0.3 is 10.8 Å². The van der Waals surface area contributed by atoms with E-state index in [2.05, 4.69) is 0 Å². The third kappa shape index (κ3) is 4.28. The summed E-state index contributed by atoms with van der Waals surface area (Å²) in [6.45, 7) is 3.55. The van der Waals surface area contributed by atoms with Crippen LogP contribution in [0.15, 0.2) is 24.3 Å². The number of carboxylic acid groups (broad SMARTS) is 1. The Labute approximate surface area is 126 Å². The molecule has 1 rings (SSSR count). The molecule has 0 aliphatic carbocycles. The monoisotopic (exact) mass is 313 g/mol. The fraction of sp³-hybridized carbons (Fsp3) is 0.533. The minimum atomic E-state index is -3.24. The van der Waals surface area contributed by atoms with Gasteiger partial charge in [0.25, 0.3) is 0 Å². The van der Waals surface area contributed by atoms with Crippen LogP contribution in [0.1, 0.15) is 30.9 Å². The molecule has 0 bridgehead atoms. The van der Waals surface area contributed by atoms with Crippen molar-refractivity contribution in [2.45, 2.75) is 32.1 Å². The molecule has 21 heavy (non-hydrogen) atoms. The van der Waals surface area contributed by atoms with E-state index in [4.69, 9.17) is 5.73 Å². The van der Waals surface area contributed by atoms with E-state index in [0.717, 1.165) is 5.56 Å². The number of carboxylic acids is 1. The van der Waals surface area contributed by atoms with E-state index in [1.165, 1.54) is 0 Å². The highest BCUT2D eigenvalue weighted by molar-refractivity contribution is 7.91. The third-order valence-electron chi connectivity index (χ3n) is 3.72. The highest BCUT2D eigenvalue weighted by Gasteiger charge is 2.39. The summed E-state index contributed by atoms with van der Waals surface area (Å²) in [5.41, 5.74) is 5.91. The first-order valence-corrected chi connectivity index (χ1v) is 8.80. The van der Waals surface area contributed by atoms with E-state index < -0.39 is 21.2 Å². The fourth-order valence-electron chi connectivity index (χ4n) is 2.30. The number of hydrogen-bond donors (Lipinski definition) is 2. The molecule has 0 heterocycles. The molecule has 0 saturated heterocycles. The zero-order chi connectivity index (χ0) is 16.1. The van der Waals surface area contributed by atoms with Gasteiger partial charge in [-0.3, -0.25) is 4.79 Å². The molecule has 5 nitrogen and oxygen atoms in total. The van der Waals surface area contributed by atoms with E-state index in [-0.39, 0.29) is 24.5 Å². The van der Waals surface area contributed by atoms with Crippen LogP contribution in [0.2, 0.25) is 0 Å². The number of carbonyl (C=O) groups is 1. The van der Waals surface area contributed by atoms with Gasteiger partial charge in [-0.05, 0) is 25.3 Å². The fourth-order valence-corrected chi connectivity index (χ4v) is 3.78. The predicted octanol–water partition coefficient (Wildman–Crippen LogP) is 1.49. The van der Waals surface area contributed by atoms with Crippen LogP contribution < -0.4 is 5.73 Å². The first-order valence-electron chi connectivity index (χ1n) is 6.98. The molecule has 1 unspecified atom stereocenters. The number of sulfone groups is 1. The van der Waals surface area contributed by atoms with Gasteiger partial charge in [-0.1, -0.05) is 36.8 Å². The number of nitrogens with two attached hydrogens (primary N) is 1. The smallest absolute Gasteiger partial charge is 0.315 e. The maximum Gasteiger partial charge on any atom is 0.315 e. The summed E-state index contributed by atoms with van der Waals surface area (Å²) < 4.78 is 23.7. The number of hydrogen-bond acceptors (Lipinski definition) is 4. The van der Waals surface area contributed by atoms with E-state index in [1.807, 2.05) is 19.1 Å². The summed E-state index contributed by atoms with van der Waals surface area (Å²) in [5, 5.41) is 9.60. The Bertz CT molecular complexity index is 580. The molecule has 0 aliphatic rings. The summed E-state index contributed by atoms with van der Waals surface area (Å²) in [5.74, 6) is -1.18. The largest absolute Gasteiger partial charge is 0.481 e. The Balaban J connectivity index is 3.11. The van der Waals surface area contributed by atoms with Gasteiger partial charge in [-0.2, -0.15) is 0 Å². The Kier molecular flexibility index (Phi) is 5.92.